The first kappa shape index (κ1) is 22.7. The zero-order valence-electron chi connectivity index (χ0n) is 16.9. The first-order chi connectivity index (χ1) is 12.8. The van der Waals surface area contributed by atoms with E-state index >= 15 is 0 Å². The summed E-state index contributed by atoms with van der Waals surface area (Å²) in [6, 6.07) is 7.16. The molecule has 1 aromatic carbocycles. The molecule has 0 radical (unpaired) electrons. The second-order valence-electron chi connectivity index (χ2n) is 8.24. The highest BCUT2D eigenvalue weighted by Crippen LogP contribution is 2.41. The average molecular weight is 504 g/mol. The first-order valence-corrected chi connectivity index (χ1v) is 9.49. The molecule has 3 unspecified atom stereocenters. The molecule has 28 heavy (non-hydrogen) atoms. The lowest BCUT2D eigenvalue weighted by Crippen LogP contribution is -2.44. The highest BCUT2D eigenvalue weighted by molar-refractivity contribution is 14.0. The van der Waals surface area contributed by atoms with Crippen LogP contribution in [0.2, 0.25) is 0 Å². The van der Waals surface area contributed by atoms with Crippen molar-refractivity contribution in [1.29, 1.82) is 0 Å². The number of nitrogens with zero attached hydrogens (tertiary/aromatic N) is 2. The number of carbonyl (C=O) groups excluding carboxylic acids is 1. The van der Waals surface area contributed by atoms with Crippen LogP contribution in [-0.4, -0.2) is 54.8 Å². The normalized spacial score (nSPS) is 24.4. The molecule has 1 saturated carbocycles. The van der Waals surface area contributed by atoms with Crippen LogP contribution < -0.4 is 10.6 Å². The van der Waals surface area contributed by atoms with Crippen molar-refractivity contribution in [2.75, 3.05) is 20.1 Å². The van der Waals surface area contributed by atoms with Gasteiger partial charge in [0.25, 0.3) is 0 Å². The lowest BCUT2D eigenvalue weighted by molar-refractivity contribution is 0.0507. The Balaban J connectivity index is 0.00000280. The molecular formula is C20H30FIN4O2. The van der Waals surface area contributed by atoms with Crippen molar-refractivity contribution < 1.29 is 13.9 Å². The Morgan fingerprint density at radius 3 is 2.64 bits per heavy atom. The van der Waals surface area contributed by atoms with Crippen LogP contribution in [0.1, 0.15) is 45.1 Å². The molecule has 0 bridgehead atoms. The molecule has 1 aliphatic carbocycles. The maximum absolute atomic E-state index is 13.9. The number of carbonyl (C=O) groups is 1. The summed E-state index contributed by atoms with van der Waals surface area (Å²) in [7, 11) is 1.75. The molecule has 156 valence electrons. The summed E-state index contributed by atoms with van der Waals surface area (Å²) in [6.07, 6.45) is 1.34. The molecule has 2 fully saturated rings. The Bertz CT molecular complexity index is 722. The third-order valence-corrected chi connectivity index (χ3v) is 4.83. The molecular weight excluding hydrogens is 474 g/mol. The molecule has 6 nitrogen and oxygen atoms in total. The molecule has 0 spiro atoms. The standard InChI is InChI=1S/C20H29FN4O2.HI/c1-20(2,3)27-19(26)23-13-9-10-25(12-13)18(22-4)24-17-11-15(17)14-7-5-6-8-16(14)21;/h5-8,13,15,17H,9-12H2,1-4H3,(H,22,24)(H,23,26);1H. The van der Waals surface area contributed by atoms with Crippen molar-refractivity contribution in [3.63, 3.8) is 0 Å². The third kappa shape index (κ3) is 5.96. The number of hydrogen-bond donors (Lipinski definition) is 2. The van der Waals surface area contributed by atoms with E-state index in [0.717, 1.165) is 30.9 Å². The summed E-state index contributed by atoms with van der Waals surface area (Å²) in [4.78, 5) is 18.4. The van der Waals surface area contributed by atoms with Gasteiger partial charge in [0.15, 0.2) is 5.96 Å². The van der Waals surface area contributed by atoms with Gasteiger partial charge in [-0.2, -0.15) is 0 Å². The number of rotatable bonds is 3. The Kier molecular flexibility index (Phi) is 7.52. The second-order valence-corrected chi connectivity index (χ2v) is 8.24. The fourth-order valence-electron chi connectivity index (χ4n) is 3.48. The average Bonchev–Trinajstić information content (AvgIpc) is 3.19. The minimum Gasteiger partial charge on any atom is -0.444 e. The van der Waals surface area contributed by atoms with E-state index in [2.05, 4.69) is 20.5 Å². The van der Waals surface area contributed by atoms with Gasteiger partial charge in [-0.25, -0.2) is 9.18 Å². The smallest absolute Gasteiger partial charge is 0.407 e. The van der Waals surface area contributed by atoms with Gasteiger partial charge in [-0.05, 0) is 45.2 Å². The van der Waals surface area contributed by atoms with Gasteiger partial charge in [0.1, 0.15) is 11.4 Å². The summed E-state index contributed by atoms with van der Waals surface area (Å²) in [5, 5.41) is 6.36. The molecule has 0 aromatic heterocycles. The van der Waals surface area contributed by atoms with E-state index in [1.54, 1.807) is 13.1 Å². The predicted octanol–water partition coefficient (Wildman–Crippen LogP) is 3.47. The number of guanidine groups is 1. The zero-order chi connectivity index (χ0) is 19.6. The Morgan fingerprint density at radius 1 is 1.29 bits per heavy atom. The molecule has 2 N–H and O–H groups in total. The summed E-state index contributed by atoms with van der Waals surface area (Å²) < 4.78 is 19.3. The van der Waals surface area contributed by atoms with Crippen molar-refractivity contribution >= 4 is 36.0 Å². The fraction of sp³-hybridized carbons (Fsp3) is 0.600. The minimum atomic E-state index is -0.506. The van der Waals surface area contributed by atoms with Crippen molar-refractivity contribution in [3.8, 4) is 0 Å². The summed E-state index contributed by atoms with van der Waals surface area (Å²) in [5.41, 5.74) is 0.254. The number of nitrogens with one attached hydrogen (secondary N) is 2. The summed E-state index contributed by atoms with van der Waals surface area (Å²) in [6.45, 7) is 7.02. The van der Waals surface area contributed by atoms with Crippen LogP contribution in [0, 0.1) is 5.82 Å². The fourth-order valence-corrected chi connectivity index (χ4v) is 3.48. The molecule has 1 amide bonds. The van der Waals surface area contributed by atoms with E-state index in [0.29, 0.717) is 6.54 Å². The van der Waals surface area contributed by atoms with E-state index in [1.807, 2.05) is 32.9 Å². The van der Waals surface area contributed by atoms with E-state index in [4.69, 9.17) is 4.74 Å². The van der Waals surface area contributed by atoms with Gasteiger partial charge >= 0.3 is 6.09 Å². The van der Waals surface area contributed by atoms with Gasteiger partial charge < -0.3 is 20.3 Å². The summed E-state index contributed by atoms with van der Waals surface area (Å²) >= 11 is 0. The van der Waals surface area contributed by atoms with E-state index in [1.165, 1.54) is 6.07 Å². The third-order valence-electron chi connectivity index (χ3n) is 4.83. The van der Waals surface area contributed by atoms with Crippen molar-refractivity contribution in [3.05, 3.63) is 35.6 Å². The molecule has 3 atom stereocenters. The molecule has 8 heteroatoms. The monoisotopic (exact) mass is 504 g/mol. The van der Waals surface area contributed by atoms with Gasteiger partial charge in [-0.3, -0.25) is 4.99 Å². The first-order valence-electron chi connectivity index (χ1n) is 9.49. The van der Waals surface area contributed by atoms with Crippen molar-refractivity contribution in [1.82, 2.24) is 15.5 Å². The number of halogens is 2. The highest BCUT2D eigenvalue weighted by atomic mass is 127. The number of benzene rings is 1. The van der Waals surface area contributed by atoms with Crippen molar-refractivity contribution in [2.45, 2.75) is 57.2 Å². The van der Waals surface area contributed by atoms with E-state index in [-0.39, 0.29) is 53.9 Å². The lowest BCUT2D eigenvalue weighted by atomic mass is 10.1. The number of hydrogen-bond acceptors (Lipinski definition) is 3. The van der Waals surface area contributed by atoms with Crippen LogP contribution in [0.4, 0.5) is 9.18 Å². The van der Waals surface area contributed by atoms with Gasteiger partial charge in [0.05, 0.1) is 6.04 Å². The molecule has 1 saturated heterocycles. The van der Waals surface area contributed by atoms with E-state index < -0.39 is 5.60 Å². The quantitative estimate of drug-likeness (QED) is 0.376. The number of likely N-dealkylation sites (tertiary alicyclic amines) is 1. The van der Waals surface area contributed by atoms with Gasteiger partial charge in [0, 0.05) is 32.1 Å². The molecule has 1 aliphatic heterocycles. The highest BCUT2D eigenvalue weighted by Gasteiger charge is 2.41. The van der Waals surface area contributed by atoms with Crippen LogP contribution >= 0.6 is 24.0 Å². The Morgan fingerprint density at radius 2 is 2.00 bits per heavy atom. The largest absolute Gasteiger partial charge is 0.444 e. The SMILES string of the molecule is CN=C(NC1CC1c1ccccc1F)N1CCC(NC(=O)OC(C)(C)C)C1.I. The summed E-state index contributed by atoms with van der Waals surface area (Å²) in [5.74, 6) is 0.832. The second kappa shape index (κ2) is 9.28. The van der Waals surface area contributed by atoms with Crippen LogP contribution in [0.15, 0.2) is 29.3 Å². The Hall–Kier alpha value is -1.58. The number of amides is 1. The Labute approximate surface area is 183 Å². The number of aliphatic imine (C=N–C) groups is 1. The maximum atomic E-state index is 13.9. The zero-order valence-corrected chi connectivity index (χ0v) is 19.2. The van der Waals surface area contributed by atoms with Gasteiger partial charge in [-0.1, -0.05) is 18.2 Å². The maximum Gasteiger partial charge on any atom is 0.407 e. The lowest BCUT2D eigenvalue weighted by Gasteiger charge is -2.23. The number of alkyl carbamates (subject to hydrolysis) is 1. The molecule has 3 rings (SSSR count). The van der Waals surface area contributed by atoms with Crippen LogP contribution in [0.25, 0.3) is 0 Å². The van der Waals surface area contributed by atoms with Crippen LogP contribution in [0.5, 0.6) is 0 Å². The predicted molar refractivity (Wildman–Crippen MR) is 119 cm³/mol. The van der Waals surface area contributed by atoms with Crippen molar-refractivity contribution in [2.24, 2.45) is 4.99 Å². The topological polar surface area (TPSA) is 66.0 Å². The van der Waals surface area contributed by atoms with E-state index in [9.17, 15) is 9.18 Å². The minimum absolute atomic E-state index is 0. The van der Waals surface area contributed by atoms with Crippen LogP contribution in [0.3, 0.4) is 0 Å². The molecule has 1 heterocycles. The van der Waals surface area contributed by atoms with Gasteiger partial charge in [0.2, 0.25) is 0 Å². The van der Waals surface area contributed by atoms with Crippen LogP contribution in [-0.2, 0) is 4.74 Å². The molecule has 2 aliphatic rings. The number of ether oxygens (including phenoxy) is 1. The molecule has 1 aromatic rings. The van der Waals surface area contributed by atoms with Gasteiger partial charge in [-0.15, -0.1) is 24.0 Å².